The Bertz CT molecular complexity index is 991. The number of aromatic nitrogens is 3. The molecule has 1 aromatic heterocycles. The highest BCUT2D eigenvalue weighted by Crippen LogP contribution is 2.21. The molecule has 1 atom stereocenters. The summed E-state index contributed by atoms with van der Waals surface area (Å²) in [7, 11) is 1.81. The quantitative estimate of drug-likeness (QED) is 0.468. The van der Waals surface area contributed by atoms with Crippen molar-refractivity contribution in [1.29, 1.82) is 0 Å². The Morgan fingerprint density at radius 3 is 2.50 bits per heavy atom. The van der Waals surface area contributed by atoms with Gasteiger partial charge in [0, 0.05) is 12.6 Å². The predicted molar refractivity (Wildman–Crippen MR) is 110 cm³/mol. The van der Waals surface area contributed by atoms with Gasteiger partial charge in [0.2, 0.25) is 0 Å². The summed E-state index contributed by atoms with van der Waals surface area (Å²) in [5, 5.41) is 12.2. The second-order valence-corrected chi connectivity index (χ2v) is 7.50. The first-order valence-corrected chi connectivity index (χ1v) is 9.99. The van der Waals surface area contributed by atoms with Gasteiger partial charge in [0.15, 0.2) is 16.8 Å². The number of carbonyl (C=O) groups is 2. The molecule has 0 spiro atoms. The average Bonchev–Trinajstić information content (AvgIpc) is 3.07. The molecule has 1 heterocycles. The number of hydrogen-bond donors (Lipinski definition) is 1. The lowest BCUT2D eigenvalue weighted by Gasteiger charge is -2.14. The van der Waals surface area contributed by atoms with Crippen molar-refractivity contribution in [1.82, 2.24) is 20.1 Å². The van der Waals surface area contributed by atoms with E-state index in [1.807, 2.05) is 32.2 Å². The van der Waals surface area contributed by atoms with Gasteiger partial charge in [0.25, 0.3) is 5.91 Å². The van der Waals surface area contributed by atoms with Crippen LogP contribution in [0.1, 0.15) is 39.5 Å². The highest BCUT2D eigenvalue weighted by Gasteiger charge is 2.20. The number of amides is 1. The topological polar surface area (TPSA) is 76.9 Å². The van der Waals surface area contributed by atoms with E-state index in [4.69, 9.17) is 11.6 Å². The van der Waals surface area contributed by atoms with Gasteiger partial charge in [-0.05, 0) is 19.1 Å². The molecule has 0 aliphatic carbocycles. The number of benzene rings is 2. The van der Waals surface area contributed by atoms with E-state index in [2.05, 4.69) is 15.5 Å². The minimum atomic E-state index is -0.375. The van der Waals surface area contributed by atoms with Crippen LogP contribution in [0.2, 0.25) is 5.02 Å². The van der Waals surface area contributed by atoms with Gasteiger partial charge in [-0.3, -0.25) is 9.59 Å². The number of rotatable bonds is 7. The van der Waals surface area contributed by atoms with E-state index < -0.39 is 0 Å². The van der Waals surface area contributed by atoms with Gasteiger partial charge in [-0.25, -0.2) is 0 Å². The number of hydrogen-bond acceptors (Lipinski definition) is 5. The molecule has 8 heteroatoms. The van der Waals surface area contributed by atoms with Crippen molar-refractivity contribution in [3.63, 3.8) is 0 Å². The van der Waals surface area contributed by atoms with Crippen molar-refractivity contribution in [2.24, 2.45) is 7.05 Å². The summed E-state index contributed by atoms with van der Waals surface area (Å²) in [6.07, 6.45) is 0. The molecule has 1 N–H and O–H groups in total. The summed E-state index contributed by atoms with van der Waals surface area (Å²) in [5.41, 5.74) is 1.07. The molecule has 0 radical (unpaired) electrons. The zero-order chi connectivity index (χ0) is 20.1. The second kappa shape index (κ2) is 9.03. The molecule has 6 nitrogen and oxygen atoms in total. The molecule has 0 aliphatic heterocycles. The minimum absolute atomic E-state index is 0.0234. The minimum Gasteiger partial charge on any atom is -0.342 e. The zero-order valence-corrected chi connectivity index (χ0v) is 17.0. The Labute approximate surface area is 172 Å². The monoisotopic (exact) mass is 414 g/mol. The van der Waals surface area contributed by atoms with Gasteiger partial charge in [-0.2, -0.15) is 0 Å². The van der Waals surface area contributed by atoms with Crippen molar-refractivity contribution < 1.29 is 9.59 Å². The van der Waals surface area contributed by atoms with Gasteiger partial charge in [-0.1, -0.05) is 65.8 Å². The predicted octanol–water partition coefficient (Wildman–Crippen LogP) is 3.93. The van der Waals surface area contributed by atoms with Crippen LogP contribution in [0, 0.1) is 0 Å². The van der Waals surface area contributed by atoms with Crippen molar-refractivity contribution in [3.05, 3.63) is 76.6 Å². The third-order valence-electron chi connectivity index (χ3n) is 4.15. The average molecular weight is 415 g/mol. The first-order chi connectivity index (χ1) is 13.5. The fourth-order valence-corrected chi connectivity index (χ4v) is 3.68. The largest absolute Gasteiger partial charge is 0.342 e. The molecule has 0 bridgehead atoms. The van der Waals surface area contributed by atoms with Gasteiger partial charge in [0.05, 0.1) is 22.4 Å². The van der Waals surface area contributed by atoms with Gasteiger partial charge < -0.3 is 9.88 Å². The van der Waals surface area contributed by atoms with Crippen molar-refractivity contribution >= 4 is 35.1 Å². The summed E-state index contributed by atoms with van der Waals surface area (Å²) >= 11 is 7.39. The van der Waals surface area contributed by atoms with Crippen molar-refractivity contribution in [2.45, 2.75) is 18.1 Å². The summed E-state index contributed by atoms with van der Waals surface area (Å²) in [6.45, 7) is 1.82. The summed E-state index contributed by atoms with van der Waals surface area (Å²) in [4.78, 5) is 24.7. The van der Waals surface area contributed by atoms with Crippen LogP contribution in [0.25, 0.3) is 0 Å². The van der Waals surface area contributed by atoms with E-state index in [9.17, 15) is 9.59 Å². The fourth-order valence-electron chi connectivity index (χ4n) is 2.65. The highest BCUT2D eigenvalue weighted by molar-refractivity contribution is 7.99. The van der Waals surface area contributed by atoms with Crippen LogP contribution < -0.4 is 5.32 Å². The van der Waals surface area contributed by atoms with E-state index in [0.29, 0.717) is 27.1 Å². The molecule has 1 amide bonds. The number of nitrogens with zero attached hydrogens (tertiary/aromatic N) is 3. The maximum Gasteiger partial charge on any atom is 0.253 e. The Kier molecular flexibility index (Phi) is 6.49. The van der Waals surface area contributed by atoms with Crippen LogP contribution in [0.15, 0.2) is 59.8 Å². The van der Waals surface area contributed by atoms with Crippen LogP contribution in [-0.2, 0) is 7.05 Å². The zero-order valence-electron chi connectivity index (χ0n) is 15.4. The first-order valence-electron chi connectivity index (χ1n) is 8.63. The molecular weight excluding hydrogens is 396 g/mol. The van der Waals surface area contributed by atoms with Crippen LogP contribution >= 0.6 is 23.4 Å². The van der Waals surface area contributed by atoms with Crippen LogP contribution in [0.4, 0.5) is 0 Å². The van der Waals surface area contributed by atoms with Gasteiger partial charge in [0.1, 0.15) is 0 Å². The lowest BCUT2D eigenvalue weighted by atomic mass is 10.2. The standard InChI is InChI=1S/C20H19ClN4O2S/c1-13(22-19(27)15-10-6-7-11-16(15)21)18-23-24-20(25(18)2)28-12-17(26)14-8-4-3-5-9-14/h3-11,13H,12H2,1-2H3,(H,22,27)/t13-/m1/s1. The number of ketones is 1. The second-order valence-electron chi connectivity index (χ2n) is 6.15. The number of Topliss-reactive ketones (excluding diaryl/α,β-unsaturated/α-hetero) is 1. The summed E-state index contributed by atoms with van der Waals surface area (Å²) < 4.78 is 1.78. The van der Waals surface area contributed by atoms with E-state index in [0.717, 1.165) is 0 Å². The SMILES string of the molecule is C[C@@H](NC(=O)c1ccccc1Cl)c1nnc(SCC(=O)c2ccccc2)n1C. The Morgan fingerprint density at radius 1 is 1.11 bits per heavy atom. The molecule has 28 heavy (non-hydrogen) atoms. The normalized spacial score (nSPS) is 11.8. The number of halogens is 1. The van der Waals surface area contributed by atoms with Crippen molar-refractivity contribution in [3.8, 4) is 0 Å². The number of thioether (sulfide) groups is 1. The first kappa shape index (κ1) is 20.1. The molecular formula is C20H19ClN4O2S. The van der Waals surface area contributed by atoms with E-state index in [1.54, 1.807) is 41.0 Å². The van der Waals surface area contributed by atoms with Gasteiger partial charge >= 0.3 is 0 Å². The smallest absolute Gasteiger partial charge is 0.253 e. The number of carbonyl (C=O) groups excluding carboxylic acids is 2. The highest BCUT2D eigenvalue weighted by atomic mass is 35.5. The molecule has 0 fully saturated rings. The lowest BCUT2D eigenvalue weighted by molar-refractivity contribution is 0.0937. The van der Waals surface area contributed by atoms with Crippen molar-refractivity contribution in [2.75, 3.05) is 5.75 Å². The molecule has 0 aliphatic rings. The van der Waals surface area contributed by atoms with Crippen LogP contribution in [-0.4, -0.2) is 32.2 Å². The Morgan fingerprint density at radius 2 is 1.79 bits per heavy atom. The fraction of sp³-hybridized carbons (Fsp3) is 0.200. The van der Waals surface area contributed by atoms with E-state index in [-0.39, 0.29) is 23.5 Å². The summed E-state index contributed by atoms with van der Waals surface area (Å²) in [5.74, 6) is 0.593. The molecule has 0 unspecified atom stereocenters. The molecule has 3 aromatic rings. The van der Waals surface area contributed by atoms with E-state index in [1.165, 1.54) is 11.8 Å². The maximum atomic E-state index is 12.4. The maximum absolute atomic E-state index is 12.4. The van der Waals surface area contributed by atoms with Crippen LogP contribution in [0.3, 0.4) is 0 Å². The Hall–Kier alpha value is -2.64. The number of nitrogens with one attached hydrogen (secondary N) is 1. The molecule has 0 saturated carbocycles. The van der Waals surface area contributed by atoms with Gasteiger partial charge in [-0.15, -0.1) is 10.2 Å². The molecule has 0 saturated heterocycles. The van der Waals surface area contributed by atoms with E-state index >= 15 is 0 Å². The summed E-state index contributed by atoms with van der Waals surface area (Å²) in [6, 6.07) is 15.6. The van der Waals surface area contributed by atoms with Crippen LogP contribution in [0.5, 0.6) is 0 Å². The Balaban J connectivity index is 1.64. The third-order valence-corrected chi connectivity index (χ3v) is 5.50. The third kappa shape index (κ3) is 4.61. The molecule has 2 aromatic carbocycles. The lowest BCUT2D eigenvalue weighted by Crippen LogP contribution is -2.28. The molecule has 3 rings (SSSR count). The molecule has 144 valence electrons.